The molecule has 0 unspecified atom stereocenters. The third kappa shape index (κ3) is 3.66. The van der Waals surface area contributed by atoms with E-state index in [2.05, 4.69) is 10.3 Å². The fraction of sp³-hybridized carbons (Fsp3) is 0.400. The molecule has 0 aliphatic heterocycles. The van der Waals surface area contributed by atoms with Crippen LogP contribution in [-0.2, 0) is 11.2 Å². The van der Waals surface area contributed by atoms with Gasteiger partial charge >= 0.3 is 0 Å². The van der Waals surface area contributed by atoms with Crippen molar-refractivity contribution in [2.45, 2.75) is 38.1 Å². The van der Waals surface area contributed by atoms with Crippen LogP contribution in [0.25, 0.3) is 11.1 Å². The number of nitrogens with one attached hydrogen (secondary N) is 1. The van der Waals surface area contributed by atoms with Gasteiger partial charge in [-0.25, -0.2) is 0 Å². The maximum absolute atomic E-state index is 12.3. The lowest BCUT2D eigenvalue weighted by atomic mass is 9.68. The molecule has 1 aliphatic carbocycles. The first-order valence-corrected chi connectivity index (χ1v) is 8.73. The number of amides is 1. The van der Waals surface area contributed by atoms with Crippen LogP contribution >= 0.6 is 0 Å². The number of hydrogen-bond acceptors (Lipinski definition) is 4. The third-order valence-electron chi connectivity index (χ3n) is 5.50. The number of nitrogens with two attached hydrogens (primary N) is 1. The van der Waals surface area contributed by atoms with E-state index in [0.29, 0.717) is 12.5 Å². The Morgan fingerprint density at radius 2 is 1.92 bits per heavy atom. The van der Waals surface area contributed by atoms with Gasteiger partial charge in [-0.2, -0.15) is 0 Å². The van der Waals surface area contributed by atoms with Gasteiger partial charge in [0.2, 0.25) is 5.91 Å². The van der Waals surface area contributed by atoms with Crippen molar-refractivity contribution in [2.24, 2.45) is 11.1 Å². The highest BCUT2D eigenvalue weighted by Crippen LogP contribution is 2.41. The quantitative estimate of drug-likeness (QED) is 0.781. The van der Waals surface area contributed by atoms with Crippen molar-refractivity contribution < 1.29 is 9.90 Å². The van der Waals surface area contributed by atoms with Crippen LogP contribution in [0.5, 0.6) is 5.75 Å². The van der Waals surface area contributed by atoms with E-state index < -0.39 is 5.41 Å². The molecule has 1 saturated carbocycles. The number of benzene rings is 1. The Bertz CT molecular complexity index is 738. The molecule has 132 valence electrons. The van der Waals surface area contributed by atoms with Gasteiger partial charge in [-0.15, -0.1) is 0 Å². The molecular formula is C20H25N3O2. The Morgan fingerprint density at radius 3 is 2.52 bits per heavy atom. The maximum Gasteiger partial charge on any atom is 0.223 e. The van der Waals surface area contributed by atoms with Gasteiger partial charge < -0.3 is 16.2 Å². The van der Waals surface area contributed by atoms with E-state index in [1.807, 2.05) is 31.3 Å². The van der Waals surface area contributed by atoms with Crippen molar-refractivity contribution in [1.82, 2.24) is 10.3 Å². The van der Waals surface area contributed by atoms with E-state index in [0.717, 1.165) is 42.4 Å². The minimum absolute atomic E-state index is 0.217. The van der Waals surface area contributed by atoms with Crippen LogP contribution in [0.15, 0.2) is 42.7 Å². The number of pyridine rings is 1. The van der Waals surface area contributed by atoms with E-state index in [9.17, 15) is 9.90 Å². The molecule has 1 aliphatic rings. The summed E-state index contributed by atoms with van der Waals surface area (Å²) in [4.78, 5) is 16.3. The molecule has 0 spiro atoms. The molecule has 2 aromatic rings. The van der Waals surface area contributed by atoms with Gasteiger partial charge in [0.1, 0.15) is 5.75 Å². The summed E-state index contributed by atoms with van der Waals surface area (Å²) in [5, 5.41) is 13.6. The first-order chi connectivity index (χ1) is 12.0. The molecule has 1 heterocycles. The summed E-state index contributed by atoms with van der Waals surface area (Å²) in [5.41, 5.74) is 8.01. The second-order valence-corrected chi connectivity index (χ2v) is 6.96. The van der Waals surface area contributed by atoms with Crippen molar-refractivity contribution in [1.29, 1.82) is 0 Å². The van der Waals surface area contributed by atoms with Crippen LogP contribution in [0.3, 0.4) is 0 Å². The van der Waals surface area contributed by atoms with E-state index in [1.54, 1.807) is 18.5 Å². The van der Waals surface area contributed by atoms with Crippen LogP contribution in [-0.4, -0.2) is 29.1 Å². The zero-order valence-electron chi connectivity index (χ0n) is 14.5. The topological polar surface area (TPSA) is 88.2 Å². The number of phenols is 1. The van der Waals surface area contributed by atoms with Crippen LogP contribution in [0.1, 0.15) is 31.2 Å². The van der Waals surface area contributed by atoms with E-state index >= 15 is 0 Å². The Morgan fingerprint density at radius 1 is 1.24 bits per heavy atom. The van der Waals surface area contributed by atoms with Crippen LogP contribution in [0.2, 0.25) is 0 Å². The first kappa shape index (κ1) is 17.4. The molecule has 25 heavy (non-hydrogen) atoms. The number of aromatic hydroxyl groups is 1. The predicted octanol–water partition coefficient (Wildman–Crippen LogP) is 2.63. The molecule has 0 saturated heterocycles. The Hall–Kier alpha value is -2.40. The second kappa shape index (κ2) is 7.23. The third-order valence-corrected chi connectivity index (χ3v) is 5.50. The fourth-order valence-electron chi connectivity index (χ4n) is 3.78. The number of rotatable bonds is 5. The zero-order valence-corrected chi connectivity index (χ0v) is 14.5. The maximum atomic E-state index is 12.3. The number of primary amides is 1. The lowest BCUT2D eigenvalue weighted by molar-refractivity contribution is -0.129. The summed E-state index contributed by atoms with van der Waals surface area (Å²) in [6, 6.07) is 9.82. The summed E-state index contributed by atoms with van der Waals surface area (Å²) in [7, 11) is 1.95. The Kier molecular flexibility index (Phi) is 5.04. The van der Waals surface area contributed by atoms with Gasteiger partial charge in [-0.1, -0.05) is 6.07 Å². The minimum atomic E-state index is -0.582. The summed E-state index contributed by atoms with van der Waals surface area (Å²) >= 11 is 0. The summed E-state index contributed by atoms with van der Waals surface area (Å²) in [6.45, 7) is 0. The second-order valence-electron chi connectivity index (χ2n) is 6.96. The fourth-order valence-corrected chi connectivity index (χ4v) is 3.78. The standard InChI is InChI=1S/C20H25N3O2/c1-22-17-4-8-20(9-5-17,19(21)25)13-16-12-15(2-3-18(16)24)14-6-10-23-11-7-14/h2-3,6-7,10-12,17,22,24H,4-5,8-9,13H2,1H3,(H2,21,25). The molecule has 0 radical (unpaired) electrons. The Balaban J connectivity index is 1.89. The average Bonchev–Trinajstić information content (AvgIpc) is 2.64. The van der Waals surface area contributed by atoms with E-state index in [1.165, 1.54) is 0 Å². The van der Waals surface area contributed by atoms with Crippen molar-refractivity contribution in [3.05, 3.63) is 48.3 Å². The van der Waals surface area contributed by atoms with Gasteiger partial charge in [-0.05, 0) is 80.1 Å². The van der Waals surface area contributed by atoms with Crippen LogP contribution in [0.4, 0.5) is 0 Å². The number of hydrogen-bond donors (Lipinski definition) is 3. The normalized spacial score (nSPS) is 23.3. The molecule has 0 bridgehead atoms. The zero-order chi connectivity index (χ0) is 17.9. The average molecular weight is 339 g/mol. The molecule has 1 fully saturated rings. The number of carbonyl (C=O) groups excluding carboxylic acids is 1. The number of aromatic nitrogens is 1. The van der Waals surface area contributed by atoms with Gasteiger partial charge in [-0.3, -0.25) is 9.78 Å². The molecule has 0 atom stereocenters. The summed E-state index contributed by atoms with van der Waals surface area (Å²) in [6.07, 6.45) is 7.29. The van der Waals surface area contributed by atoms with Gasteiger partial charge in [0.05, 0.1) is 5.41 Å². The number of phenolic OH excluding ortho intramolecular Hbond substituents is 1. The molecule has 1 aromatic heterocycles. The van der Waals surface area contributed by atoms with Crippen molar-refractivity contribution in [2.75, 3.05) is 7.05 Å². The highest BCUT2D eigenvalue weighted by atomic mass is 16.3. The number of carbonyl (C=O) groups is 1. The molecule has 1 amide bonds. The van der Waals surface area contributed by atoms with Gasteiger partial charge in [0.25, 0.3) is 0 Å². The van der Waals surface area contributed by atoms with Gasteiger partial charge in [0, 0.05) is 18.4 Å². The highest BCUT2D eigenvalue weighted by molar-refractivity contribution is 5.81. The number of nitrogens with zero attached hydrogens (tertiary/aromatic N) is 1. The van der Waals surface area contributed by atoms with Crippen molar-refractivity contribution >= 4 is 5.91 Å². The molecule has 4 N–H and O–H groups in total. The molecule has 5 nitrogen and oxygen atoms in total. The molecular weight excluding hydrogens is 314 g/mol. The smallest absolute Gasteiger partial charge is 0.223 e. The van der Waals surface area contributed by atoms with E-state index in [-0.39, 0.29) is 11.7 Å². The Labute approximate surface area is 148 Å². The molecule has 1 aromatic carbocycles. The molecule has 5 heteroatoms. The predicted molar refractivity (Wildman–Crippen MR) is 98.0 cm³/mol. The van der Waals surface area contributed by atoms with Crippen molar-refractivity contribution in [3.8, 4) is 16.9 Å². The highest BCUT2D eigenvalue weighted by Gasteiger charge is 2.40. The van der Waals surface area contributed by atoms with Crippen molar-refractivity contribution in [3.63, 3.8) is 0 Å². The van der Waals surface area contributed by atoms with Crippen LogP contribution in [0, 0.1) is 5.41 Å². The van der Waals surface area contributed by atoms with Crippen LogP contribution < -0.4 is 11.1 Å². The SMILES string of the molecule is CNC1CCC(Cc2cc(-c3ccncc3)ccc2O)(C(N)=O)CC1. The minimum Gasteiger partial charge on any atom is -0.508 e. The summed E-state index contributed by atoms with van der Waals surface area (Å²) in [5.74, 6) is -0.0510. The van der Waals surface area contributed by atoms with E-state index in [4.69, 9.17) is 5.73 Å². The first-order valence-electron chi connectivity index (χ1n) is 8.73. The largest absolute Gasteiger partial charge is 0.508 e. The molecule has 3 rings (SSSR count). The van der Waals surface area contributed by atoms with Gasteiger partial charge in [0.15, 0.2) is 0 Å². The summed E-state index contributed by atoms with van der Waals surface area (Å²) < 4.78 is 0. The lowest BCUT2D eigenvalue weighted by Crippen LogP contribution is -2.45. The lowest BCUT2D eigenvalue weighted by Gasteiger charge is -2.38. The monoisotopic (exact) mass is 339 g/mol.